The molecule has 1 aromatic carbocycles. The minimum absolute atomic E-state index is 0.0222. The Morgan fingerprint density at radius 2 is 2.13 bits per heavy atom. The fourth-order valence-electron chi connectivity index (χ4n) is 1.06. The van der Waals surface area contributed by atoms with E-state index < -0.39 is 23.2 Å². The first-order valence-corrected chi connectivity index (χ1v) is 4.90. The number of alkyl halides is 1. The van der Waals surface area contributed by atoms with Gasteiger partial charge in [0.2, 0.25) is 5.91 Å². The molecule has 0 bridgehead atoms. The Hall–Kier alpha value is -1.16. The molecular weight excluding hydrogens is 224 g/mol. The van der Waals surface area contributed by atoms with E-state index in [1.807, 2.05) is 0 Å². The smallest absolute Gasteiger partial charge is 0.225 e. The summed E-state index contributed by atoms with van der Waals surface area (Å²) in [6.45, 7) is 1.49. The fourth-order valence-corrected chi connectivity index (χ4v) is 1.23. The summed E-state index contributed by atoms with van der Waals surface area (Å²) in [5, 5.41) is 2.15. The lowest BCUT2D eigenvalue weighted by molar-refractivity contribution is -0.115. The Kier molecular flexibility index (Phi) is 4.03. The molecule has 0 radical (unpaired) electrons. The van der Waals surface area contributed by atoms with Crippen molar-refractivity contribution >= 4 is 23.2 Å². The van der Waals surface area contributed by atoms with Crippen LogP contribution in [0.5, 0.6) is 0 Å². The van der Waals surface area contributed by atoms with Gasteiger partial charge >= 0.3 is 0 Å². The summed E-state index contributed by atoms with van der Waals surface area (Å²) >= 11 is 5.33. The van der Waals surface area contributed by atoms with Gasteiger partial charge < -0.3 is 5.32 Å². The molecule has 0 saturated carbocycles. The van der Waals surface area contributed by atoms with Crippen LogP contribution in [0.2, 0.25) is 0 Å². The molecule has 0 saturated heterocycles. The fraction of sp³-hybridized carbons (Fsp3) is 0.300. The minimum Gasteiger partial charge on any atom is -0.321 e. The van der Waals surface area contributed by atoms with Crippen molar-refractivity contribution in [3.8, 4) is 0 Å². The predicted molar refractivity (Wildman–Crippen MR) is 55.1 cm³/mol. The van der Waals surface area contributed by atoms with E-state index in [1.54, 1.807) is 0 Å². The van der Waals surface area contributed by atoms with Crippen LogP contribution in [0.1, 0.15) is 12.0 Å². The molecule has 0 aliphatic carbocycles. The van der Waals surface area contributed by atoms with Gasteiger partial charge in [0.15, 0.2) is 5.82 Å². The van der Waals surface area contributed by atoms with Crippen LogP contribution in [0.4, 0.5) is 14.5 Å². The van der Waals surface area contributed by atoms with Crippen LogP contribution in [0.15, 0.2) is 12.1 Å². The molecule has 0 spiro atoms. The number of halogens is 3. The van der Waals surface area contributed by atoms with Crippen molar-refractivity contribution < 1.29 is 13.6 Å². The summed E-state index contributed by atoms with van der Waals surface area (Å²) in [5.41, 5.74) is -0.136. The van der Waals surface area contributed by atoms with E-state index in [0.717, 1.165) is 6.07 Å². The number of carbonyl (C=O) groups excluding carboxylic acids is 1. The number of aryl methyl sites for hydroxylation is 1. The summed E-state index contributed by atoms with van der Waals surface area (Å²) in [4.78, 5) is 11.1. The maximum atomic E-state index is 13.4. The number of hydrogen-bond acceptors (Lipinski definition) is 1. The molecule has 82 valence electrons. The number of hydrogen-bond donors (Lipinski definition) is 1. The second kappa shape index (κ2) is 5.07. The number of benzene rings is 1. The van der Waals surface area contributed by atoms with E-state index in [4.69, 9.17) is 11.6 Å². The van der Waals surface area contributed by atoms with Crippen molar-refractivity contribution in [2.24, 2.45) is 0 Å². The lowest BCUT2D eigenvalue weighted by Crippen LogP contribution is -2.14. The Labute approximate surface area is 91.2 Å². The van der Waals surface area contributed by atoms with Gasteiger partial charge in [-0.05, 0) is 18.6 Å². The van der Waals surface area contributed by atoms with Crippen LogP contribution in [-0.2, 0) is 4.79 Å². The lowest BCUT2D eigenvalue weighted by Gasteiger charge is -2.08. The highest BCUT2D eigenvalue weighted by Crippen LogP contribution is 2.21. The third kappa shape index (κ3) is 2.89. The van der Waals surface area contributed by atoms with Crippen molar-refractivity contribution in [1.29, 1.82) is 0 Å². The number of rotatable bonds is 3. The quantitative estimate of drug-likeness (QED) is 0.800. The van der Waals surface area contributed by atoms with Crippen LogP contribution in [0.3, 0.4) is 0 Å². The molecule has 0 unspecified atom stereocenters. The topological polar surface area (TPSA) is 29.1 Å². The zero-order valence-corrected chi connectivity index (χ0v) is 8.87. The molecular formula is C10H10ClF2NO. The van der Waals surface area contributed by atoms with Gasteiger partial charge in [-0.3, -0.25) is 4.79 Å². The SMILES string of the molecule is Cc1ccc(F)c(NC(=O)CCCl)c1F. The predicted octanol–water partition coefficient (Wildman–Crippen LogP) is 2.84. The Bertz CT molecular complexity index is 382. The summed E-state index contributed by atoms with van der Waals surface area (Å²) in [5.74, 6) is -1.94. The van der Waals surface area contributed by atoms with Crippen LogP contribution >= 0.6 is 11.6 Å². The van der Waals surface area contributed by atoms with E-state index in [1.165, 1.54) is 13.0 Å². The molecule has 5 heteroatoms. The van der Waals surface area contributed by atoms with Crippen LogP contribution in [-0.4, -0.2) is 11.8 Å². The van der Waals surface area contributed by atoms with E-state index in [9.17, 15) is 13.6 Å². The maximum Gasteiger partial charge on any atom is 0.225 e. The average Bonchev–Trinajstić information content (AvgIpc) is 2.19. The number of amides is 1. The van der Waals surface area contributed by atoms with Gasteiger partial charge in [-0.1, -0.05) is 6.07 Å². The molecule has 0 aliphatic heterocycles. The molecule has 15 heavy (non-hydrogen) atoms. The van der Waals surface area contributed by atoms with Crippen molar-refractivity contribution in [3.63, 3.8) is 0 Å². The Balaban J connectivity index is 2.93. The molecule has 1 amide bonds. The van der Waals surface area contributed by atoms with E-state index >= 15 is 0 Å². The lowest BCUT2D eigenvalue weighted by atomic mass is 10.2. The number of anilines is 1. The van der Waals surface area contributed by atoms with Crippen LogP contribution in [0.25, 0.3) is 0 Å². The van der Waals surface area contributed by atoms with Gasteiger partial charge in [0, 0.05) is 12.3 Å². The van der Waals surface area contributed by atoms with Crippen molar-refractivity contribution in [1.82, 2.24) is 0 Å². The second-order valence-corrected chi connectivity index (χ2v) is 3.42. The summed E-state index contributed by atoms with van der Waals surface area (Å²) in [6.07, 6.45) is 0.0222. The monoisotopic (exact) mass is 233 g/mol. The first kappa shape index (κ1) is 11.9. The molecule has 0 heterocycles. The third-order valence-corrected chi connectivity index (χ3v) is 2.06. The van der Waals surface area contributed by atoms with Gasteiger partial charge in [-0.25, -0.2) is 8.78 Å². The molecule has 1 N–H and O–H groups in total. The van der Waals surface area contributed by atoms with Crippen LogP contribution in [0, 0.1) is 18.6 Å². The standard InChI is InChI=1S/C10H10ClF2NO/c1-6-2-3-7(12)10(9(6)13)14-8(15)4-5-11/h2-3H,4-5H2,1H3,(H,14,15). The number of nitrogens with one attached hydrogen (secondary N) is 1. The Morgan fingerprint density at radius 1 is 1.47 bits per heavy atom. The molecule has 0 aromatic heterocycles. The van der Waals surface area contributed by atoms with E-state index in [0.29, 0.717) is 0 Å². The van der Waals surface area contributed by atoms with Crippen molar-refractivity contribution in [3.05, 3.63) is 29.3 Å². The zero-order valence-electron chi connectivity index (χ0n) is 8.11. The zero-order chi connectivity index (χ0) is 11.4. The van der Waals surface area contributed by atoms with Gasteiger partial charge in [0.05, 0.1) is 0 Å². The molecule has 0 fully saturated rings. The van der Waals surface area contributed by atoms with Gasteiger partial charge in [-0.15, -0.1) is 11.6 Å². The molecule has 0 aliphatic rings. The number of carbonyl (C=O) groups is 1. The minimum atomic E-state index is -0.791. The molecule has 0 atom stereocenters. The van der Waals surface area contributed by atoms with Gasteiger partial charge in [-0.2, -0.15) is 0 Å². The highest BCUT2D eigenvalue weighted by atomic mass is 35.5. The summed E-state index contributed by atoms with van der Waals surface area (Å²) < 4.78 is 26.5. The van der Waals surface area contributed by atoms with Gasteiger partial charge in [0.1, 0.15) is 11.5 Å². The highest BCUT2D eigenvalue weighted by Gasteiger charge is 2.13. The third-order valence-electron chi connectivity index (χ3n) is 1.87. The Morgan fingerprint density at radius 3 is 2.73 bits per heavy atom. The molecule has 1 rings (SSSR count). The molecule has 1 aromatic rings. The van der Waals surface area contributed by atoms with Crippen molar-refractivity contribution in [2.75, 3.05) is 11.2 Å². The maximum absolute atomic E-state index is 13.4. The van der Waals surface area contributed by atoms with Gasteiger partial charge in [0.25, 0.3) is 0 Å². The summed E-state index contributed by atoms with van der Waals surface area (Å²) in [6, 6.07) is 2.41. The van der Waals surface area contributed by atoms with E-state index in [2.05, 4.69) is 5.32 Å². The normalized spacial score (nSPS) is 10.1. The molecule has 2 nitrogen and oxygen atoms in total. The average molecular weight is 234 g/mol. The summed E-state index contributed by atoms with van der Waals surface area (Å²) in [7, 11) is 0. The van der Waals surface area contributed by atoms with E-state index in [-0.39, 0.29) is 17.9 Å². The largest absolute Gasteiger partial charge is 0.321 e. The van der Waals surface area contributed by atoms with Crippen LogP contribution < -0.4 is 5.32 Å². The first-order chi connectivity index (χ1) is 7.06. The highest BCUT2D eigenvalue weighted by molar-refractivity contribution is 6.19. The first-order valence-electron chi connectivity index (χ1n) is 4.36. The van der Waals surface area contributed by atoms with Crippen molar-refractivity contribution in [2.45, 2.75) is 13.3 Å². The second-order valence-electron chi connectivity index (χ2n) is 3.04.